The topological polar surface area (TPSA) is 77.7 Å². The van der Waals surface area contributed by atoms with E-state index in [1.807, 2.05) is 0 Å². The van der Waals surface area contributed by atoms with Crippen molar-refractivity contribution in [2.75, 3.05) is 26.9 Å². The Labute approximate surface area is 172 Å². The Hall–Kier alpha value is -2.46. The molecule has 1 amide bonds. The molecule has 0 spiro atoms. The van der Waals surface area contributed by atoms with Gasteiger partial charge in [0.1, 0.15) is 0 Å². The van der Waals surface area contributed by atoms with Crippen LogP contribution in [0.4, 0.5) is 13.2 Å². The predicted octanol–water partition coefficient (Wildman–Crippen LogP) is 3.69. The van der Waals surface area contributed by atoms with Crippen LogP contribution in [-0.2, 0) is 27.0 Å². The summed E-state index contributed by atoms with van der Waals surface area (Å²) < 4.78 is 52.8. The van der Waals surface area contributed by atoms with Crippen LogP contribution in [0, 0.1) is 0 Å². The predicted molar refractivity (Wildman–Crippen MR) is 100 cm³/mol. The molecule has 1 aliphatic heterocycles. The molecular formula is C20H24F3N3O4. The van der Waals surface area contributed by atoms with E-state index in [2.05, 4.69) is 14.7 Å². The number of methoxy groups -OCH3 is 1. The van der Waals surface area contributed by atoms with Crippen LogP contribution in [0.2, 0.25) is 0 Å². The van der Waals surface area contributed by atoms with E-state index < -0.39 is 12.1 Å². The third kappa shape index (κ3) is 6.02. The smallest absolute Gasteiger partial charge is 0.385 e. The average Bonchev–Trinajstić information content (AvgIpc) is 3.40. The lowest BCUT2D eigenvalue weighted by atomic mass is 10.1. The fourth-order valence-electron chi connectivity index (χ4n) is 3.25. The first-order valence-corrected chi connectivity index (χ1v) is 9.75. The van der Waals surface area contributed by atoms with Gasteiger partial charge in [-0.2, -0.15) is 18.2 Å². The molecule has 1 fully saturated rings. The van der Waals surface area contributed by atoms with Crippen molar-refractivity contribution in [3.05, 3.63) is 35.7 Å². The minimum absolute atomic E-state index is 0.0135. The molecule has 1 aromatic carbocycles. The lowest BCUT2D eigenvalue weighted by molar-refractivity contribution is -0.159. The number of aromatic nitrogens is 2. The van der Waals surface area contributed by atoms with Gasteiger partial charge in [-0.15, -0.1) is 0 Å². The highest BCUT2D eigenvalue weighted by atomic mass is 19.4. The summed E-state index contributed by atoms with van der Waals surface area (Å²) in [5.74, 6) is -1.51. The largest absolute Gasteiger partial charge is 0.471 e. The summed E-state index contributed by atoms with van der Waals surface area (Å²) in [4.78, 5) is 17.8. The minimum Gasteiger partial charge on any atom is -0.385 e. The van der Waals surface area contributed by atoms with Crippen molar-refractivity contribution >= 4 is 5.91 Å². The molecule has 164 valence electrons. The first kappa shape index (κ1) is 22.2. The molecule has 1 atom stereocenters. The molecule has 7 nitrogen and oxygen atoms in total. The number of nitrogens with zero attached hydrogens (tertiary/aromatic N) is 3. The highest BCUT2D eigenvalue weighted by Gasteiger charge is 2.38. The Morgan fingerprint density at radius 1 is 1.30 bits per heavy atom. The van der Waals surface area contributed by atoms with Crippen molar-refractivity contribution in [1.82, 2.24) is 15.0 Å². The van der Waals surface area contributed by atoms with Gasteiger partial charge in [-0.25, -0.2) is 0 Å². The number of hydrogen-bond donors (Lipinski definition) is 0. The number of carbonyl (C=O) groups is 1. The Kier molecular flexibility index (Phi) is 7.43. The normalized spacial score (nSPS) is 16.7. The summed E-state index contributed by atoms with van der Waals surface area (Å²) in [6.07, 6.45) is -1.75. The maximum absolute atomic E-state index is 12.7. The van der Waals surface area contributed by atoms with Gasteiger partial charge in [0, 0.05) is 45.4 Å². The van der Waals surface area contributed by atoms with E-state index in [0.717, 1.165) is 18.4 Å². The van der Waals surface area contributed by atoms with Crippen LogP contribution in [0.3, 0.4) is 0 Å². The Morgan fingerprint density at radius 2 is 2.07 bits per heavy atom. The van der Waals surface area contributed by atoms with Gasteiger partial charge in [0.15, 0.2) is 0 Å². The molecule has 0 aliphatic carbocycles. The first-order valence-electron chi connectivity index (χ1n) is 9.75. The third-order valence-corrected chi connectivity index (χ3v) is 4.79. The maximum atomic E-state index is 12.7. The van der Waals surface area contributed by atoms with E-state index in [1.54, 1.807) is 36.3 Å². The van der Waals surface area contributed by atoms with Crippen LogP contribution in [0.25, 0.3) is 11.4 Å². The van der Waals surface area contributed by atoms with Gasteiger partial charge in [0.2, 0.25) is 11.7 Å². The zero-order valence-electron chi connectivity index (χ0n) is 16.7. The third-order valence-electron chi connectivity index (χ3n) is 4.79. The number of benzene rings is 1. The van der Waals surface area contributed by atoms with Crippen LogP contribution >= 0.6 is 0 Å². The van der Waals surface area contributed by atoms with Crippen molar-refractivity contribution in [1.29, 1.82) is 0 Å². The second-order valence-electron chi connectivity index (χ2n) is 7.12. The van der Waals surface area contributed by atoms with Crippen molar-refractivity contribution in [2.24, 2.45) is 0 Å². The highest BCUT2D eigenvalue weighted by molar-refractivity contribution is 5.76. The van der Waals surface area contributed by atoms with E-state index in [4.69, 9.17) is 9.47 Å². The van der Waals surface area contributed by atoms with Crippen LogP contribution in [0.15, 0.2) is 28.8 Å². The fourth-order valence-corrected chi connectivity index (χ4v) is 3.25. The lowest BCUT2D eigenvalue weighted by Gasteiger charge is -2.26. The lowest BCUT2D eigenvalue weighted by Crippen LogP contribution is -2.37. The monoisotopic (exact) mass is 427 g/mol. The number of amides is 1. The summed E-state index contributed by atoms with van der Waals surface area (Å²) in [5.41, 5.74) is 1.24. The van der Waals surface area contributed by atoms with Gasteiger partial charge in [0.25, 0.3) is 0 Å². The minimum atomic E-state index is -4.68. The number of halogens is 3. The second kappa shape index (κ2) is 10.0. The van der Waals surface area contributed by atoms with Crippen LogP contribution in [0.5, 0.6) is 0 Å². The Morgan fingerprint density at radius 3 is 2.67 bits per heavy atom. The van der Waals surface area contributed by atoms with Crippen LogP contribution in [0.1, 0.15) is 37.1 Å². The van der Waals surface area contributed by atoms with Crippen molar-refractivity contribution < 1.29 is 32.0 Å². The zero-order chi connectivity index (χ0) is 21.6. The van der Waals surface area contributed by atoms with Crippen LogP contribution < -0.4 is 0 Å². The second-order valence-corrected chi connectivity index (χ2v) is 7.12. The van der Waals surface area contributed by atoms with E-state index >= 15 is 0 Å². The molecule has 2 heterocycles. The van der Waals surface area contributed by atoms with Gasteiger partial charge >= 0.3 is 12.1 Å². The quantitative estimate of drug-likeness (QED) is 0.568. The Bertz CT molecular complexity index is 817. The number of ether oxygens (including phenoxy) is 2. The molecule has 1 saturated heterocycles. The molecule has 0 bridgehead atoms. The number of carbonyl (C=O) groups excluding carboxylic acids is 1. The van der Waals surface area contributed by atoms with Crippen molar-refractivity contribution in [3.8, 4) is 11.4 Å². The van der Waals surface area contributed by atoms with E-state index in [0.29, 0.717) is 44.7 Å². The summed E-state index contributed by atoms with van der Waals surface area (Å²) in [5, 5.41) is 3.38. The molecule has 0 radical (unpaired) electrons. The van der Waals surface area contributed by atoms with Crippen LogP contribution in [-0.4, -0.2) is 53.9 Å². The molecule has 3 rings (SSSR count). The Balaban J connectivity index is 1.67. The van der Waals surface area contributed by atoms with Gasteiger partial charge < -0.3 is 18.9 Å². The summed E-state index contributed by atoms with van der Waals surface area (Å²) >= 11 is 0. The van der Waals surface area contributed by atoms with Crippen molar-refractivity contribution in [2.45, 2.75) is 44.5 Å². The number of hydrogen-bond acceptors (Lipinski definition) is 6. The van der Waals surface area contributed by atoms with Gasteiger partial charge in [-0.05, 0) is 24.8 Å². The summed E-state index contributed by atoms with van der Waals surface area (Å²) in [7, 11) is 1.59. The molecule has 1 aliphatic rings. The molecule has 0 N–H and O–H groups in total. The van der Waals surface area contributed by atoms with Gasteiger partial charge in [0.05, 0.1) is 6.10 Å². The number of alkyl halides is 3. The molecule has 1 unspecified atom stereocenters. The average molecular weight is 427 g/mol. The van der Waals surface area contributed by atoms with Gasteiger partial charge in [-0.1, -0.05) is 29.4 Å². The molecule has 30 heavy (non-hydrogen) atoms. The van der Waals surface area contributed by atoms with Crippen molar-refractivity contribution in [3.63, 3.8) is 0 Å². The fraction of sp³-hybridized carbons (Fsp3) is 0.550. The van der Waals surface area contributed by atoms with E-state index in [9.17, 15) is 18.0 Å². The van der Waals surface area contributed by atoms with E-state index in [-0.39, 0.29) is 17.8 Å². The molecule has 1 aromatic heterocycles. The molecule has 0 saturated carbocycles. The molecule has 2 aromatic rings. The SMILES string of the molecule is COCCCC(=O)N(Cc1ccc(-c2noc(C(F)(F)F)n2)cc1)CC1CCCO1. The molecular weight excluding hydrogens is 403 g/mol. The zero-order valence-corrected chi connectivity index (χ0v) is 16.7. The maximum Gasteiger partial charge on any atom is 0.471 e. The first-order chi connectivity index (χ1) is 14.4. The highest BCUT2D eigenvalue weighted by Crippen LogP contribution is 2.29. The number of rotatable bonds is 9. The van der Waals surface area contributed by atoms with Gasteiger partial charge in [-0.3, -0.25) is 4.79 Å². The molecule has 10 heteroatoms. The standard InChI is InChI=1S/C20H24F3N3O4/c1-28-10-3-5-17(27)26(13-16-4-2-11-29-16)12-14-6-8-15(9-7-14)18-24-19(30-25-18)20(21,22)23/h6-9,16H,2-5,10-13H2,1H3. The summed E-state index contributed by atoms with van der Waals surface area (Å²) in [6, 6.07) is 6.70. The van der Waals surface area contributed by atoms with E-state index in [1.165, 1.54) is 0 Å². The summed E-state index contributed by atoms with van der Waals surface area (Å²) in [6.45, 7) is 2.11.